The fourth-order valence-electron chi connectivity index (χ4n) is 2.35. The topological polar surface area (TPSA) is 39.6 Å². The van der Waals surface area contributed by atoms with E-state index in [1.807, 2.05) is 0 Å². The molecule has 0 amide bonds. The Balaban J connectivity index is 2.15. The molecule has 1 aromatic heterocycles. The molecule has 0 spiro atoms. The Hall–Kier alpha value is -0.650. The number of aliphatic hydroxyl groups excluding tert-OH is 1. The maximum Gasteiger partial charge on any atom is 0.185 e. The number of anilines is 1. The summed E-state index contributed by atoms with van der Waals surface area (Å²) in [7, 11) is 2.19. The first-order valence-electron chi connectivity index (χ1n) is 6.25. The molecule has 0 bridgehead atoms. The molecule has 1 unspecified atom stereocenters. The van der Waals surface area contributed by atoms with Gasteiger partial charge in [0, 0.05) is 25.3 Å². The number of nitrogens with zero attached hydrogens (tertiary/aromatic N) is 3. The fraction of sp³-hybridized carbons (Fsp3) is 0.750. The molecule has 1 N–H and O–H groups in total. The van der Waals surface area contributed by atoms with Gasteiger partial charge >= 0.3 is 0 Å². The summed E-state index contributed by atoms with van der Waals surface area (Å²) in [4.78, 5) is 10.2. The van der Waals surface area contributed by atoms with Crippen LogP contribution in [0.5, 0.6) is 0 Å². The van der Waals surface area contributed by atoms with Crippen LogP contribution >= 0.6 is 11.3 Å². The first-order chi connectivity index (χ1) is 8.24. The summed E-state index contributed by atoms with van der Waals surface area (Å²) in [5, 5.41) is 10.2. The molecule has 0 radical (unpaired) electrons. The minimum absolute atomic E-state index is 0.0994. The van der Waals surface area contributed by atoms with E-state index in [0.717, 1.165) is 36.1 Å². The number of likely N-dealkylation sites (N-methyl/N-ethyl adjacent to an activating group) is 1. The highest BCUT2D eigenvalue weighted by Gasteiger charge is 2.24. The number of rotatable bonds is 3. The minimum atomic E-state index is 0.0994. The van der Waals surface area contributed by atoms with E-state index in [9.17, 15) is 0 Å². The van der Waals surface area contributed by atoms with Crippen molar-refractivity contribution < 1.29 is 5.11 Å². The smallest absolute Gasteiger partial charge is 0.185 e. The predicted molar refractivity (Wildman–Crippen MR) is 71.6 cm³/mol. The van der Waals surface area contributed by atoms with Gasteiger partial charge in [-0.25, -0.2) is 4.98 Å². The summed E-state index contributed by atoms with van der Waals surface area (Å²) in [6.45, 7) is 5.66. The van der Waals surface area contributed by atoms with E-state index in [2.05, 4.69) is 28.8 Å². The quantitative estimate of drug-likeness (QED) is 0.889. The second-order valence-corrected chi connectivity index (χ2v) is 5.73. The molecule has 5 heteroatoms. The van der Waals surface area contributed by atoms with Gasteiger partial charge in [-0.05, 0) is 26.4 Å². The van der Waals surface area contributed by atoms with Gasteiger partial charge in [-0.1, -0.05) is 18.3 Å². The molecular formula is C12H21N3OS. The lowest BCUT2D eigenvalue weighted by Gasteiger charge is -2.29. The summed E-state index contributed by atoms with van der Waals surface area (Å²) >= 11 is 1.62. The number of hydrogen-bond donors (Lipinski definition) is 1. The average molecular weight is 255 g/mol. The monoisotopic (exact) mass is 255 g/mol. The number of thiazole rings is 1. The molecule has 4 nitrogen and oxygen atoms in total. The lowest BCUT2D eigenvalue weighted by Crippen LogP contribution is -2.39. The molecule has 96 valence electrons. The summed E-state index contributed by atoms with van der Waals surface area (Å²) < 4.78 is 0. The SMILES string of the molecule is CCC1CN(C)CCCN1c1ncc(CO)s1. The molecule has 1 aliphatic heterocycles. The highest BCUT2D eigenvalue weighted by atomic mass is 32.1. The van der Waals surface area contributed by atoms with Crippen molar-refractivity contribution >= 4 is 16.5 Å². The zero-order valence-corrected chi connectivity index (χ0v) is 11.4. The van der Waals surface area contributed by atoms with E-state index in [1.165, 1.54) is 6.42 Å². The van der Waals surface area contributed by atoms with Crippen molar-refractivity contribution in [2.45, 2.75) is 32.4 Å². The van der Waals surface area contributed by atoms with Crippen LogP contribution in [0.1, 0.15) is 24.6 Å². The van der Waals surface area contributed by atoms with Gasteiger partial charge in [0.05, 0.1) is 11.5 Å². The molecule has 1 atom stereocenters. The second-order valence-electron chi connectivity index (χ2n) is 4.64. The molecule has 2 rings (SSSR count). The van der Waals surface area contributed by atoms with E-state index in [-0.39, 0.29) is 6.61 Å². The Labute approximate surface area is 107 Å². The fourth-order valence-corrected chi connectivity index (χ4v) is 3.22. The van der Waals surface area contributed by atoms with Crippen LogP contribution < -0.4 is 4.90 Å². The maximum absolute atomic E-state index is 9.11. The Kier molecular flexibility index (Phi) is 4.36. The van der Waals surface area contributed by atoms with E-state index in [4.69, 9.17) is 5.11 Å². The van der Waals surface area contributed by atoms with Crippen molar-refractivity contribution in [3.05, 3.63) is 11.1 Å². The number of aromatic nitrogens is 1. The van der Waals surface area contributed by atoms with Crippen molar-refractivity contribution in [1.82, 2.24) is 9.88 Å². The minimum Gasteiger partial charge on any atom is -0.391 e. The lowest BCUT2D eigenvalue weighted by molar-refractivity contribution is 0.285. The van der Waals surface area contributed by atoms with Crippen LogP contribution in [-0.4, -0.2) is 47.7 Å². The second kappa shape index (κ2) is 5.80. The third-order valence-electron chi connectivity index (χ3n) is 3.32. The lowest BCUT2D eigenvalue weighted by atomic mass is 10.2. The van der Waals surface area contributed by atoms with Gasteiger partial charge in [-0.2, -0.15) is 0 Å². The van der Waals surface area contributed by atoms with E-state index in [1.54, 1.807) is 17.5 Å². The largest absolute Gasteiger partial charge is 0.391 e. The van der Waals surface area contributed by atoms with Gasteiger partial charge in [0.25, 0.3) is 0 Å². The van der Waals surface area contributed by atoms with Crippen molar-refractivity contribution in [2.24, 2.45) is 0 Å². The van der Waals surface area contributed by atoms with Crippen molar-refractivity contribution in [3.8, 4) is 0 Å². The first kappa shape index (κ1) is 12.8. The van der Waals surface area contributed by atoms with Gasteiger partial charge in [0.1, 0.15) is 0 Å². The van der Waals surface area contributed by atoms with E-state index >= 15 is 0 Å². The number of hydrogen-bond acceptors (Lipinski definition) is 5. The molecule has 1 aliphatic rings. The van der Waals surface area contributed by atoms with Crippen LogP contribution in [0.2, 0.25) is 0 Å². The Morgan fingerprint density at radius 2 is 2.35 bits per heavy atom. The van der Waals surface area contributed by atoms with Crippen LogP contribution in [0.4, 0.5) is 5.13 Å². The Bertz CT molecular complexity index is 355. The Morgan fingerprint density at radius 3 is 3.00 bits per heavy atom. The predicted octanol–water partition coefficient (Wildman–Crippen LogP) is 1.56. The van der Waals surface area contributed by atoms with Crippen molar-refractivity contribution in [3.63, 3.8) is 0 Å². The molecule has 0 aliphatic carbocycles. The molecule has 2 heterocycles. The molecular weight excluding hydrogens is 234 g/mol. The van der Waals surface area contributed by atoms with Crippen LogP contribution in [0.25, 0.3) is 0 Å². The van der Waals surface area contributed by atoms with Crippen LogP contribution in [0.3, 0.4) is 0 Å². The van der Waals surface area contributed by atoms with E-state index in [0.29, 0.717) is 6.04 Å². The summed E-state index contributed by atoms with van der Waals surface area (Å²) in [5.74, 6) is 0. The van der Waals surface area contributed by atoms with Gasteiger partial charge in [-0.15, -0.1) is 0 Å². The highest BCUT2D eigenvalue weighted by molar-refractivity contribution is 7.15. The van der Waals surface area contributed by atoms with Gasteiger partial charge in [-0.3, -0.25) is 0 Å². The number of aliphatic hydroxyl groups is 1. The highest BCUT2D eigenvalue weighted by Crippen LogP contribution is 2.26. The van der Waals surface area contributed by atoms with Gasteiger partial charge < -0.3 is 14.9 Å². The third kappa shape index (κ3) is 2.97. The Morgan fingerprint density at radius 1 is 1.53 bits per heavy atom. The normalized spacial score (nSPS) is 22.8. The van der Waals surface area contributed by atoms with Gasteiger partial charge in [0.2, 0.25) is 0 Å². The standard InChI is InChI=1S/C12H21N3OS/c1-3-10-8-14(2)5-4-6-15(10)12-13-7-11(9-16)17-12/h7,10,16H,3-6,8-9H2,1-2H3. The molecule has 17 heavy (non-hydrogen) atoms. The maximum atomic E-state index is 9.11. The zero-order chi connectivity index (χ0) is 12.3. The van der Waals surface area contributed by atoms with Crippen molar-refractivity contribution in [2.75, 3.05) is 31.6 Å². The van der Waals surface area contributed by atoms with E-state index < -0.39 is 0 Å². The molecule has 1 aromatic rings. The van der Waals surface area contributed by atoms with Gasteiger partial charge in [0.15, 0.2) is 5.13 Å². The molecule has 0 aromatic carbocycles. The summed E-state index contributed by atoms with van der Waals surface area (Å²) in [6.07, 6.45) is 4.11. The molecule has 0 saturated carbocycles. The van der Waals surface area contributed by atoms with Crippen LogP contribution in [0.15, 0.2) is 6.20 Å². The summed E-state index contributed by atoms with van der Waals surface area (Å²) in [6, 6.07) is 0.542. The van der Waals surface area contributed by atoms with Crippen LogP contribution in [0, 0.1) is 0 Å². The van der Waals surface area contributed by atoms with Crippen LogP contribution in [-0.2, 0) is 6.61 Å². The molecule has 1 fully saturated rings. The zero-order valence-electron chi connectivity index (χ0n) is 10.6. The molecule has 1 saturated heterocycles. The first-order valence-corrected chi connectivity index (χ1v) is 7.07. The summed E-state index contributed by atoms with van der Waals surface area (Å²) in [5.41, 5.74) is 0. The van der Waals surface area contributed by atoms with Crippen molar-refractivity contribution in [1.29, 1.82) is 0 Å². The third-order valence-corrected chi connectivity index (χ3v) is 4.34. The average Bonchev–Trinajstić information content (AvgIpc) is 2.73.